The second-order valence-electron chi connectivity index (χ2n) is 7.39. The highest BCUT2D eigenvalue weighted by molar-refractivity contribution is 7.92. The summed E-state index contributed by atoms with van der Waals surface area (Å²) in [4.78, 5) is 14.6. The van der Waals surface area contributed by atoms with E-state index < -0.39 is 15.2 Å². The third-order valence-electron chi connectivity index (χ3n) is 5.15. The molecule has 0 aromatic heterocycles. The van der Waals surface area contributed by atoms with Crippen LogP contribution in [0.1, 0.15) is 11.1 Å². The number of methoxy groups -OCH3 is 1. The fourth-order valence-corrected chi connectivity index (χ4v) is 5.12. The molecule has 1 N–H and O–H groups in total. The average Bonchev–Trinajstić information content (AvgIpc) is 2.81. The fourth-order valence-electron chi connectivity index (χ4n) is 3.41. The van der Waals surface area contributed by atoms with Crippen molar-refractivity contribution in [3.63, 3.8) is 0 Å². The lowest BCUT2D eigenvalue weighted by atomic mass is 10.2. The Balaban J connectivity index is 1.80. The Morgan fingerprint density at radius 3 is 2.66 bits per heavy atom. The number of hydrogen-bond acceptors (Lipinski definition) is 6. The summed E-state index contributed by atoms with van der Waals surface area (Å²) in [5, 5.41) is 2.11. The minimum Gasteiger partial charge on any atom is -0.493 e. The van der Waals surface area contributed by atoms with Crippen LogP contribution in [0, 0.1) is 6.92 Å². The first kappa shape index (κ1) is 23.6. The van der Waals surface area contributed by atoms with Gasteiger partial charge in [0.25, 0.3) is 0 Å². The monoisotopic (exact) mass is 456 g/mol. The lowest BCUT2D eigenvalue weighted by Gasteiger charge is -2.35. The molecule has 1 unspecified atom stereocenters. The van der Waals surface area contributed by atoms with Crippen molar-refractivity contribution in [1.29, 1.82) is 0 Å². The zero-order valence-corrected chi connectivity index (χ0v) is 19.1. The summed E-state index contributed by atoms with van der Waals surface area (Å²) < 4.78 is 37.3. The van der Waals surface area contributed by atoms with Crippen LogP contribution in [-0.2, 0) is 14.6 Å². The van der Waals surface area contributed by atoms with Gasteiger partial charge in [-0.2, -0.15) is 0 Å². The Morgan fingerprint density at radius 2 is 1.97 bits per heavy atom. The van der Waals surface area contributed by atoms with Crippen molar-refractivity contribution in [2.45, 2.75) is 17.2 Å². The Morgan fingerprint density at radius 1 is 1.22 bits per heavy atom. The number of ether oxygens (including phenoxy) is 2. The van der Waals surface area contributed by atoms with Crippen LogP contribution in [0.15, 0.2) is 66.1 Å². The third-order valence-corrected chi connectivity index (χ3v) is 7.22. The van der Waals surface area contributed by atoms with Gasteiger partial charge in [-0.05, 0) is 42.8 Å². The molecular weight excluding hydrogens is 428 g/mol. The minimum absolute atomic E-state index is 0.180. The number of nitrogens with zero attached hydrogens (tertiary/aromatic N) is 1. The van der Waals surface area contributed by atoms with E-state index in [0.717, 1.165) is 11.1 Å². The van der Waals surface area contributed by atoms with E-state index >= 15 is 0 Å². The minimum atomic E-state index is -3.72. The van der Waals surface area contributed by atoms with Crippen LogP contribution in [0.4, 0.5) is 0 Å². The topological polar surface area (TPSA) is 84.9 Å². The van der Waals surface area contributed by atoms with Gasteiger partial charge in [0.2, 0.25) is 15.7 Å². The number of carbonyl (C=O) groups is 1. The zero-order valence-electron chi connectivity index (χ0n) is 18.3. The Bertz CT molecular complexity index is 1090. The van der Waals surface area contributed by atoms with E-state index in [9.17, 15) is 13.2 Å². The number of sulfone groups is 1. The summed E-state index contributed by atoms with van der Waals surface area (Å²) in [5.41, 5.74) is 1.70. The van der Waals surface area contributed by atoms with E-state index in [1.54, 1.807) is 54.6 Å². The number of benzene rings is 2. The van der Waals surface area contributed by atoms with Crippen molar-refractivity contribution in [1.82, 2.24) is 10.2 Å². The first-order valence-electron chi connectivity index (χ1n) is 10.3. The summed E-state index contributed by atoms with van der Waals surface area (Å²) in [6.45, 7) is 6.88. The van der Waals surface area contributed by atoms with Crippen LogP contribution in [0.3, 0.4) is 0 Å². The van der Waals surface area contributed by atoms with Gasteiger partial charge in [0.15, 0.2) is 16.9 Å². The summed E-state index contributed by atoms with van der Waals surface area (Å²) in [6.07, 6.45) is 4.67. The number of rotatable bonds is 8. The molecule has 0 aliphatic carbocycles. The van der Waals surface area contributed by atoms with Gasteiger partial charge in [0.05, 0.1) is 12.0 Å². The van der Waals surface area contributed by atoms with Gasteiger partial charge in [0, 0.05) is 25.7 Å². The van der Waals surface area contributed by atoms with E-state index in [-0.39, 0.29) is 17.3 Å². The molecule has 0 saturated carbocycles. The largest absolute Gasteiger partial charge is 0.493 e. The number of carbonyl (C=O) groups excluding carboxylic acids is 1. The quantitative estimate of drug-likeness (QED) is 0.486. The average molecular weight is 457 g/mol. The standard InChI is InChI=1S/C24H28N2O5S/c1-4-15-31-21-11-7-19(16-22(21)30-3)8-12-23(27)26-14-13-25-17-24(26)32(28,29)20-9-5-18(2)6-10-20/h4-12,16,24-25H,1,13-15,17H2,2-3H3/b12-8+. The van der Waals surface area contributed by atoms with Gasteiger partial charge in [-0.1, -0.05) is 36.4 Å². The number of amides is 1. The third kappa shape index (κ3) is 5.38. The molecule has 0 spiro atoms. The predicted octanol–water partition coefficient (Wildman–Crippen LogP) is 2.81. The SMILES string of the molecule is C=CCOc1ccc(/C=C/C(=O)N2CCNCC2S(=O)(=O)c2ccc(C)cc2)cc1OC. The molecule has 1 aliphatic heterocycles. The summed E-state index contributed by atoms with van der Waals surface area (Å²) >= 11 is 0. The molecule has 3 rings (SSSR count). The predicted molar refractivity (Wildman–Crippen MR) is 124 cm³/mol. The van der Waals surface area contributed by atoms with Crippen LogP contribution in [0.25, 0.3) is 6.08 Å². The zero-order chi connectivity index (χ0) is 23.1. The van der Waals surface area contributed by atoms with Crippen molar-refractivity contribution in [2.24, 2.45) is 0 Å². The van der Waals surface area contributed by atoms with Gasteiger partial charge in [0.1, 0.15) is 6.61 Å². The van der Waals surface area contributed by atoms with Crippen molar-refractivity contribution in [3.8, 4) is 11.5 Å². The van der Waals surface area contributed by atoms with Crippen LogP contribution in [0.5, 0.6) is 11.5 Å². The molecule has 2 aromatic rings. The molecule has 170 valence electrons. The Kier molecular flexibility index (Phi) is 7.71. The van der Waals surface area contributed by atoms with Crippen molar-refractivity contribution in [3.05, 3.63) is 72.3 Å². The van der Waals surface area contributed by atoms with Crippen molar-refractivity contribution >= 4 is 21.8 Å². The molecule has 1 saturated heterocycles. The highest BCUT2D eigenvalue weighted by Crippen LogP contribution is 2.29. The smallest absolute Gasteiger partial charge is 0.247 e. The van der Waals surface area contributed by atoms with Gasteiger partial charge >= 0.3 is 0 Å². The molecule has 1 fully saturated rings. The molecule has 1 atom stereocenters. The van der Waals surface area contributed by atoms with E-state index in [1.807, 2.05) is 6.92 Å². The lowest BCUT2D eigenvalue weighted by Crippen LogP contribution is -2.56. The molecule has 1 heterocycles. The molecule has 1 aliphatic rings. The summed E-state index contributed by atoms with van der Waals surface area (Å²) in [7, 11) is -2.18. The van der Waals surface area contributed by atoms with Gasteiger partial charge in [-0.15, -0.1) is 0 Å². The molecule has 32 heavy (non-hydrogen) atoms. The molecule has 2 aromatic carbocycles. The van der Waals surface area contributed by atoms with Crippen molar-refractivity contribution in [2.75, 3.05) is 33.4 Å². The number of hydrogen-bond donors (Lipinski definition) is 1. The van der Waals surface area contributed by atoms with Crippen LogP contribution in [0.2, 0.25) is 0 Å². The summed E-state index contributed by atoms with van der Waals surface area (Å²) in [5.74, 6) is 0.740. The Labute approximate surface area is 189 Å². The van der Waals surface area contributed by atoms with Crippen LogP contribution >= 0.6 is 0 Å². The highest BCUT2D eigenvalue weighted by Gasteiger charge is 2.36. The van der Waals surface area contributed by atoms with E-state index in [1.165, 1.54) is 18.1 Å². The first-order valence-corrected chi connectivity index (χ1v) is 11.8. The van der Waals surface area contributed by atoms with Crippen LogP contribution < -0.4 is 14.8 Å². The van der Waals surface area contributed by atoms with Gasteiger partial charge in [-0.25, -0.2) is 8.42 Å². The number of nitrogens with one attached hydrogen (secondary N) is 1. The van der Waals surface area contributed by atoms with E-state index in [4.69, 9.17) is 9.47 Å². The summed E-state index contributed by atoms with van der Waals surface area (Å²) in [6, 6.07) is 12.0. The van der Waals surface area contributed by atoms with E-state index in [0.29, 0.717) is 31.2 Å². The number of aryl methyl sites for hydroxylation is 1. The number of piperazine rings is 1. The maximum atomic E-state index is 13.2. The first-order chi connectivity index (χ1) is 15.4. The molecule has 8 heteroatoms. The second kappa shape index (κ2) is 10.5. The molecule has 0 bridgehead atoms. The lowest BCUT2D eigenvalue weighted by molar-refractivity contribution is -0.127. The van der Waals surface area contributed by atoms with Gasteiger partial charge in [-0.3, -0.25) is 4.79 Å². The fraction of sp³-hybridized carbons (Fsp3) is 0.292. The molecule has 0 radical (unpaired) electrons. The molecule has 7 nitrogen and oxygen atoms in total. The van der Waals surface area contributed by atoms with Gasteiger partial charge < -0.3 is 19.7 Å². The molecular formula is C24H28N2O5S. The maximum absolute atomic E-state index is 13.2. The normalized spacial score (nSPS) is 16.7. The van der Waals surface area contributed by atoms with Crippen LogP contribution in [-0.4, -0.2) is 57.9 Å². The maximum Gasteiger partial charge on any atom is 0.247 e. The highest BCUT2D eigenvalue weighted by atomic mass is 32.2. The van der Waals surface area contributed by atoms with Crippen molar-refractivity contribution < 1.29 is 22.7 Å². The Hall–Kier alpha value is -3.10. The van der Waals surface area contributed by atoms with E-state index in [2.05, 4.69) is 11.9 Å². The molecule has 1 amide bonds. The second-order valence-corrected chi connectivity index (χ2v) is 9.50.